The summed E-state index contributed by atoms with van der Waals surface area (Å²) in [6.07, 6.45) is 2.49. The van der Waals surface area contributed by atoms with Crippen LogP contribution in [0, 0.1) is 12.8 Å². The van der Waals surface area contributed by atoms with Crippen LogP contribution in [-0.2, 0) is 16.6 Å². The van der Waals surface area contributed by atoms with Crippen molar-refractivity contribution in [3.8, 4) is 0 Å². The van der Waals surface area contributed by atoms with Gasteiger partial charge in [-0.2, -0.15) is 0 Å². The molecule has 1 N–H and O–H groups in total. The smallest absolute Gasteiger partial charge is 0.315 e. The maximum atomic E-state index is 11.2. The monoisotopic (exact) mass is 239 g/mol. The molecule has 1 aromatic heterocycles. The zero-order chi connectivity index (χ0) is 11.9. The summed E-state index contributed by atoms with van der Waals surface area (Å²) in [5, 5.41) is 10.3. The van der Waals surface area contributed by atoms with Gasteiger partial charge in [-0.1, -0.05) is 13.8 Å². The Morgan fingerprint density at radius 2 is 2.19 bits per heavy atom. The van der Waals surface area contributed by atoms with Crippen molar-refractivity contribution in [1.29, 1.82) is 0 Å². The number of nitrogens with zero attached hydrogens (tertiary/aromatic N) is 1. The summed E-state index contributed by atoms with van der Waals surface area (Å²) < 4.78 is 0. The average Bonchev–Trinajstić information content (AvgIpc) is 2.87. The molecular weight excluding hydrogens is 222 g/mol. The molecule has 0 atom stereocenters. The third-order valence-electron chi connectivity index (χ3n) is 3.02. The maximum absolute atomic E-state index is 11.2. The van der Waals surface area contributed by atoms with Gasteiger partial charge >= 0.3 is 5.97 Å². The zero-order valence-electron chi connectivity index (χ0n) is 9.91. The number of hydrogen-bond donors (Lipinski definition) is 1. The highest BCUT2D eigenvalue weighted by molar-refractivity contribution is 7.12. The van der Waals surface area contributed by atoms with Crippen LogP contribution in [0.3, 0.4) is 0 Å². The molecule has 0 unspecified atom stereocenters. The summed E-state index contributed by atoms with van der Waals surface area (Å²) in [7, 11) is 0. The van der Waals surface area contributed by atoms with Gasteiger partial charge in [0.2, 0.25) is 0 Å². The zero-order valence-corrected chi connectivity index (χ0v) is 10.7. The van der Waals surface area contributed by atoms with Gasteiger partial charge in [-0.25, -0.2) is 4.98 Å². The molecular formula is C12H17NO2S. The number of carboxylic acids is 1. The van der Waals surface area contributed by atoms with Gasteiger partial charge in [0, 0.05) is 11.3 Å². The van der Waals surface area contributed by atoms with Crippen LogP contribution in [0.1, 0.15) is 42.3 Å². The van der Waals surface area contributed by atoms with E-state index in [2.05, 4.69) is 18.8 Å². The Morgan fingerprint density at radius 1 is 1.56 bits per heavy atom. The molecule has 4 heteroatoms. The number of aryl methyl sites for hydroxylation is 1. The van der Waals surface area contributed by atoms with Crippen molar-refractivity contribution in [2.75, 3.05) is 0 Å². The Labute approximate surface area is 99.5 Å². The Morgan fingerprint density at radius 3 is 2.62 bits per heavy atom. The minimum Gasteiger partial charge on any atom is -0.481 e. The van der Waals surface area contributed by atoms with E-state index < -0.39 is 11.4 Å². The van der Waals surface area contributed by atoms with E-state index >= 15 is 0 Å². The van der Waals surface area contributed by atoms with Crippen molar-refractivity contribution in [2.45, 2.75) is 45.4 Å². The molecule has 1 fully saturated rings. The van der Waals surface area contributed by atoms with Crippen LogP contribution in [0.2, 0.25) is 0 Å². The minimum absolute atomic E-state index is 0.568. The van der Waals surface area contributed by atoms with Crippen molar-refractivity contribution in [2.24, 2.45) is 5.92 Å². The average molecular weight is 239 g/mol. The predicted octanol–water partition coefficient (Wildman–Crippen LogP) is 2.77. The SMILES string of the molecule is Cc1nc(CC(C)C)sc1C1(C(=O)O)CC1. The molecule has 1 saturated carbocycles. The maximum Gasteiger partial charge on any atom is 0.315 e. The van der Waals surface area contributed by atoms with Crippen LogP contribution in [0.5, 0.6) is 0 Å². The lowest BCUT2D eigenvalue weighted by molar-refractivity contribution is -0.139. The Hall–Kier alpha value is -0.900. The quantitative estimate of drug-likeness (QED) is 0.879. The molecule has 16 heavy (non-hydrogen) atoms. The Balaban J connectivity index is 2.29. The number of carbonyl (C=O) groups is 1. The van der Waals surface area contributed by atoms with E-state index in [4.69, 9.17) is 0 Å². The van der Waals surface area contributed by atoms with Crippen molar-refractivity contribution >= 4 is 17.3 Å². The van der Waals surface area contributed by atoms with Gasteiger partial charge in [-0.15, -0.1) is 11.3 Å². The normalized spacial score (nSPS) is 17.8. The number of carboxylic acid groups (broad SMARTS) is 1. The highest BCUT2D eigenvalue weighted by atomic mass is 32.1. The Bertz CT molecular complexity index is 419. The molecule has 2 rings (SSSR count). The lowest BCUT2D eigenvalue weighted by Crippen LogP contribution is -2.19. The van der Waals surface area contributed by atoms with E-state index in [9.17, 15) is 9.90 Å². The number of thiazole rings is 1. The summed E-state index contributed by atoms with van der Waals surface area (Å²) in [5.41, 5.74) is 0.331. The van der Waals surface area contributed by atoms with Gasteiger partial charge in [0.15, 0.2) is 0 Å². The first-order valence-electron chi connectivity index (χ1n) is 5.66. The largest absolute Gasteiger partial charge is 0.481 e. The molecule has 0 aromatic carbocycles. The topological polar surface area (TPSA) is 50.2 Å². The van der Waals surface area contributed by atoms with Gasteiger partial charge in [-0.3, -0.25) is 4.79 Å². The number of aliphatic carboxylic acids is 1. The molecule has 0 amide bonds. The first-order chi connectivity index (χ1) is 7.45. The summed E-state index contributed by atoms with van der Waals surface area (Å²) >= 11 is 1.59. The standard InChI is InChI=1S/C12H17NO2S/c1-7(2)6-9-13-8(3)10(16-9)12(4-5-12)11(14)15/h7H,4-6H2,1-3H3,(H,14,15). The first-order valence-corrected chi connectivity index (χ1v) is 6.47. The van der Waals surface area contributed by atoms with E-state index in [1.54, 1.807) is 11.3 Å². The molecule has 0 radical (unpaired) electrons. The summed E-state index contributed by atoms with van der Waals surface area (Å²) in [6, 6.07) is 0. The minimum atomic E-state index is -0.685. The molecule has 0 spiro atoms. The first kappa shape index (κ1) is 11.6. The van der Waals surface area contributed by atoms with E-state index in [0.717, 1.165) is 34.8 Å². The molecule has 0 saturated heterocycles. The fourth-order valence-corrected chi connectivity index (χ4v) is 3.51. The van der Waals surface area contributed by atoms with E-state index in [1.165, 1.54) is 0 Å². The van der Waals surface area contributed by atoms with E-state index in [-0.39, 0.29) is 0 Å². The summed E-state index contributed by atoms with van der Waals surface area (Å²) in [5.74, 6) is -0.117. The fourth-order valence-electron chi connectivity index (χ4n) is 2.00. The van der Waals surface area contributed by atoms with Crippen LogP contribution in [-0.4, -0.2) is 16.1 Å². The van der Waals surface area contributed by atoms with Gasteiger partial charge < -0.3 is 5.11 Å². The highest BCUT2D eigenvalue weighted by Gasteiger charge is 2.54. The van der Waals surface area contributed by atoms with E-state index in [0.29, 0.717) is 5.92 Å². The Kier molecular flexibility index (Phi) is 2.78. The van der Waals surface area contributed by atoms with Gasteiger partial charge in [-0.05, 0) is 25.7 Å². The van der Waals surface area contributed by atoms with Gasteiger partial charge in [0.25, 0.3) is 0 Å². The third-order valence-corrected chi connectivity index (χ3v) is 4.40. The second-order valence-electron chi connectivity index (χ2n) is 5.01. The van der Waals surface area contributed by atoms with Crippen LogP contribution in [0.25, 0.3) is 0 Å². The molecule has 1 aromatic rings. The lowest BCUT2D eigenvalue weighted by atomic mass is 10.0. The molecule has 0 bridgehead atoms. The van der Waals surface area contributed by atoms with Crippen LogP contribution in [0.4, 0.5) is 0 Å². The van der Waals surface area contributed by atoms with Crippen LogP contribution >= 0.6 is 11.3 Å². The summed E-state index contributed by atoms with van der Waals surface area (Å²) in [4.78, 5) is 16.7. The second kappa shape index (κ2) is 3.84. The molecule has 1 heterocycles. The van der Waals surface area contributed by atoms with Gasteiger partial charge in [0.05, 0.1) is 10.7 Å². The van der Waals surface area contributed by atoms with Gasteiger partial charge in [0.1, 0.15) is 5.41 Å². The predicted molar refractivity (Wildman–Crippen MR) is 63.9 cm³/mol. The van der Waals surface area contributed by atoms with Crippen molar-refractivity contribution < 1.29 is 9.90 Å². The molecule has 0 aliphatic heterocycles. The van der Waals surface area contributed by atoms with Crippen LogP contribution < -0.4 is 0 Å². The van der Waals surface area contributed by atoms with Crippen molar-refractivity contribution in [3.63, 3.8) is 0 Å². The highest BCUT2D eigenvalue weighted by Crippen LogP contribution is 2.51. The van der Waals surface area contributed by atoms with E-state index in [1.807, 2.05) is 6.92 Å². The molecule has 1 aliphatic carbocycles. The molecule has 88 valence electrons. The third kappa shape index (κ3) is 1.86. The van der Waals surface area contributed by atoms with Crippen LogP contribution in [0.15, 0.2) is 0 Å². The van der Waals surface area contributed by atoms with Crippen molar-refractivity contribution in [3.05, 3.63) is 15.6 Å². The summed E-state index contributed by atoms with van der Waals surface area (Å²) in [6.45, 7) is 6.24. The number of rotatable bonds is 4. The molecule has 3 nitrogen and oxygen atoms in total. The fraction of sp³-hybridized carbons (Fsp3) is 0.667. The molecule has 1 aliphatic rings. The lowest BCUT2D eigenvalue weighted by Gasteiger charge is -2.06. The number of aromatic nitrogens is 1. The number of hydrogen-bond acceptors (Lipinski definition) is 3. The van der Waals surface area contributed by atoms with Crippen molar-refractivity contribution in [1.82, 2.24) is 4.98 Å². The second-order valence-corrected chi connectivity index (χ2v) is 6.09.